The molecule has 2 N–H and O–H groups in total. The number of phenols is 1. The van der Waals surface area contributed by atoms with Crippen molar-refractivity contribution in [1.29, 1.82) is 0 Å². The Balaban J connectivity index is 1.76. The van der Waals surface area contributed by atoms with E-state index in [2.05, 4.69) is 10.3 Å². The monoisotopic (exact) mass is 260 g/mol. The second-order valence-electron chi connectivity index (χ2n) is 4.78. The number of fused-ring (bicyclic) bond motifs is 1. The molecule has 2 heterocycles. The van der Waals surface area contributed by atoms with E-state index >= 15 is 0 Å². The number of nitrogens with one attached hydrogen (secondary N) is 1. The van der Waals surface area contributed by atoms with Crippen molar-refractivity contribution in [1.82, 2.24) is 10.3 Å². The van der Waals surface area contributed by atoms with Crippen molar-refractivity contribution in [3.8, 4) is 11.5 Å². The zero-order chi connectivity index (χ0) is 13.4. The molecule has 0 spiro atoms. The molecule has 2 unspecified atom stereocenters. The summed E-state index contributed by atoms with van der Waals surface area (Å²) in [7, 11) is 0. The minimum atomic E-state index is 0.00190. The van der Waals surface area contributed by atoms with E-state index in [9.17, 15) is 5.11 Å². The number of ether oxygens (including phenoxy) is 1. The first-order valence-corrected chi connectivity index (χ1v) is 6.27. The zero-order valence-corrected chi connectivity index (χ0v) is 10.9. The van der Waals surface area contributed by atoms with Crippen LogP contribution >= 0.6 is 0 Å². The van der Waals surface area contributed by atoms with Crippen LogP contribution in [0.4, 0.5) is 0 Å². The SMILES string of the molecule is Cc1cnc(C(C)NC2COc3cc(O)ccc32)o1. The number of aromatic hydroxyl groups is 1. The molecule has 0 fully saturated rings. The fourth-order valence-corrected chi connectivity index (χ4v) is 2.28. The summed E-state index contributed by atoms with van der Waals surface area (Å²) in [6, 6.07) is 5.27. The number of oxazole rings is 1. The van der Waals surface area contributed by atoms with E-state index in [1.54, 1.807) is 18.3 Å². The molecule has 1 aromatic carbocycles. The maximum absolute atomic E-state index is 9.42. The number of benzene rings is 1. The van der Waals surface area contributed by atoms with Crippen molar-refractivity contribution in [3.63, 3.8) is 0 Å². The number of hydrogen-bond donors (Lipinski definition) is 2. The Kier molecular flexibility index (Phi) is 2.91. The normalized spacial score (nSPS) is 18.9. The van der Waals surface area contributed by atoms with E-state index in [0.717, 1.165) is 17.1 Å². The first-order chi connectivity index (χ1) is 9.13. The van der Waals surface area contributed by atoms with Gasteiger partial charge in [-0.3, -0.25) is 5.32 Å². The van der Waals surface area contributed by atoms with Gasteiger partial charge in [0.1, 0.15) is 23.9 Å². The van der Waals surface area contributed by atoms with Crippen molar-refractivity contribution in [3.05, 3.63) is 41.6 Å². The van der Waals surface area contributed by atoms with Crippen molar-refractivity contribution in [2.75, 3.05) is 6.61 Å². The van der Waals surface area contributed by atoms with Gasteiger partial charge in [-0.1, -0.05) is 0 Å². The van der Waals surface area contributed by atoms with Crippen LogP contribution in [0.3, 0.4) is 0 Å². The number of phenolic OH excluding ortho intramolecular Hbond substituents is 1. The van der Waals surface area contributed by atoms with E-state index in [1.165, 1.54) is 0 Å². The van der Waals surface area contributed by atoms with Crippen molar-refractivity contribution in [2.45, 2.75) is 25.9 Å². The van der Waals surface area contributed by atoms with Crippen LogP contribution in [0.1, 0.15) is 36.2 Å². The van der Waals surface area contributed by atoms with Crippen LogP contribution in [-0.4, -0.2) is 16.7 Å². The first kappa shape index (κ1) is 12.0. The van der Waals surface area contributed by atoms with Crippen LogP contribution in [0.2, 0.25) is 0 Å². The Hall–Kier alpha value is -2.01. The lowest BCUT2D eigenvalue weighted by Gasteiger charge is -2.16. The van der Waals surface area contributed by atoms with Crippen LogP contribution in [-0.2, 0) is 0 Å². The Morgan fingerprint density at radius 2 is 2.32 bits per heavy atom. The molecule has 0 amide bonds. The molecule has 1 aliphatic rings. The highest BCUT2D eigenvalue weighted by atomic mass is 16.5. The number of rotatable bonds is 3. The fourth-order valence-electron chi connectivity index (χ4n) is 2.28. The molecule has 19 heavy (non-hydrogen) atoms. The molecule has 0 radical (unpaired) electrons. The molecule has 5 heteroatoms. The minimum absolute atomic E-state index is 0.00190. The quantitative estimate of drug-likeness (QED) is 0.887. The van der Waals surface area contributed by atoms with Gasteiger partial charge in [-0.25, -0.2) is 4.98 Å². The lowest BCUT2D eigenvalue weighted by Crippen LogP contribution is -2.25. The summed E-state index contributed by atoms with van der Waals surface area (Å²) in [4.78, 5) is 4.22. The van der Waals surface area contributed by atoms with Crippen LogP contribution in [0.25, 0.3) is 0 Å². The van der Waals surface area contributed by atoms with Gasteiger partial charge < -0.3 is 14.3 Å². The smallest absolute Gasteiger partial charge is 0.211 e. The van der Waals surface area contributed by atoms with Gasteiger partial charge in [-0.05, 0) is 26.0 Å². The number of nitrogens with zero attached hydrogens (tertiary/aromatic N) is 1. The molecular weight excluding hydrogens is 244 g/mol. The Bertz CT molecular complexity index is 594. The molecule has 1 aliphatic heterocycles. The molecule has 3 rings (SSSR count). The average molecular weight is 260 g/mol. The van der Waals surface area contributed by atoms with E-state index in [0.29, 0.717) is 12.5 Å². The highest BCUT2D eigenvalue weighted by Crippen LogP contribution is 2.35. The van der Waals surface area contributed by atoms with Gasteiger partial charge in [0.15, 0.2) is 0 Å². The largest absolute Gasteiger partial charge is 0.508 e. The topological polar surface area (TPSA) is 67.5 Å². The molecule has 1 aromatic heterocycles. The lowest BCUT2D eigenvalue weighted by molar-refractivity contribution is 0.288. The van der Waals surface area contributed by atoms with Crippen LogP contribution < -0.4 is 10.1 Å². The van der Waals surface area contributed by atoms with Crippen LogP contribution in [0.5, 0.6) is 11.5 Å². The van der Waals surface area contributed by atoms with E-state index in [-0.39, 0.29) is 17.8 Å². The van der Waals surface area contributed by atoms with Crippen molar-refractivity contribution in [2.24, 2.45) is 0 Å². The van der Waals surface area contributed by atoms with Gasteiger partial charge in [0.05, 0.1) is 18.3 Å². The highest BCUT2D eigenvalue weighted by Gasteiger charge is 2.27. The van der Waals surface area contributed by atoms with Gasteiger partial charge in [0.2, 0.25) is 5.89 Å². The van der Waals surface area contributed by atoms with Crippen molar-refractivity contribution < 1.29 is 14.3 Å². The number of aryl methyl sites for hydroxylation is 1. The molecule has 0 aliphatic carbocycles. The van der Waals surface area contributed by atoms with Gasteiger partial charge in [-0.2, -0.15) is 0 Å². The Morgan fingerprint density at radius 1 is 1.47 bits per heavy atom. The fraction of sp³-hybridized carbons (Fsp3) is 0.357. The maximum Gasteiger partial charge on any atom is 0.211 e. The molecule has 2 aromatic rings. The minimum Gasteiger partial charge on any atom is -0.508 e. The van der Waals surface area contributed by atoms with Gasteiger partial charge in [-0.15, -0.1) is 0 Å². The average Bonchev–Trinajstić information content (AvgIpc) is 2.96. The van der Waals surface area contributed by atoms with Gasteiger partial charge in [0.25, 0.3) is 0 Å². The number of hydrogen-bond acceptors (Lipinski definition) is 5. The molecule has 0 saturated heterocycles. The summed E-state index contributed by atoms with van der Waals surface area (Å²) in [5.74, 6) is 2.42. The Morgan fingerprint density at radius 3 is 3.05 bits per heavy atom. The highest BCUT2D eigenvalue weighted by molar-refractivity contribution is 5.44. The summed E-state index contributed by atoms with van der Waals surface area (Å²) >= 11 is 0. The molecule has 0 saturated carbocycles. The lowest BCUT2D eigenvalue weighted by atomic mass is 10.1. The third-order valence-electron chi connectivity index (χ3n) is 3.24. The summed E-state index contributed by atoms with van der Waals surface area (Å²) < 4.78 is 11.1. The molecule has 2 atom stereocenters. The molecular formula is C14H16N2O3. The molecule has 5 nitrogen and oxygen atoms in total. The summed E-state index contributed by atoms with van der Waals surface area (Å²) in [5, 5.41) is 12.8. The summed E-state index contributed by atoms with van der Waals surface area (Å²) in [6.45, 7) is 4.42. The zero-order valence-electron chi connectivity index (χ0n) is 10.9. The van der Waals surface area contributed by atoms with Crippen LogP contribution in [0, 0.1) is 6.92 Å². The molecule has 0 bridgehead atoms. The third-order valence-corrected chi connectivity index (χ3v) is 3.24. The van der Waals surface area contributed by atoms with E-state index in [1.807, 2.05) is 19.9 Å². The van der Waals surface area contributed by atoms with Crippen molar-refractivity contribution >= 4 is 0 Å². The third kappa shape index (κ3) is 2.29. The van der Waals surface area contributed by atoms with Crippen LogP contribution in [0.15, 0.2) is 28.8 Å². The predicted molar refractivity (Wildman–Crippen MR) is 69.1 cm³/mol. The van der Waals surface area contributed by atoms with Gasteiger partial charge >= 0.3 is 0 Å². The summed E-state index contributed by atoms with van der Waals surface area (Å²) in [5.41, 5.74) is 1.05. The molecule has 100 valence electrons. The summed E-state index contributed by atoms with van der Waals surface area (Å²) in [6.07, 6.45) is 1.71. The first-order valence-electron chi connectivity index (χ1n) is 6.27. The Labute approximate surface area is 111 Å². The number of aromatic nitrogens is 1. The second kappa shape index (κ2) is 4.59. The van der Waals surface area contributed by atoms with E-state index in [4.69, 9.17) is 9.15 Å². The van der Waals surface area contributed by atoms with Gasteiger partial charge in [0, 0.05) is 11.6 Å². The van der Waals surface area contributed by atoms with E-state index < -0.39 is 0 Å². The standard InChI is InChI=1S/C14H16N2O3/c1-8-6-15-14(19-8)9(2)16-12-7-18-13-5-10(17)3-4-11(12)13/h3-6,9,12,16-17H,7H2,1-2H3. The maximum atomic E-state index is 9.42. The second-order valence-corrected chi connectivity index (χ2v) is 4.78. The predicted octanol–water partition coefficient (Wildman–Crippen LogP) is 2.47.